The Morgan fingerprint density at radius 2 is 2.19 bits per heavy atom. The van der Waals surface area contributed by atoms with Gasteiger partial charge in [-0.05, 0) is 32.6 Å². The van der Waals surface area contributed by atoms with Gasteiger partial charge in [-0.25, -0.2) is 4.98 Å². The van der Waals surface area contributed by atoms with Crippen LogP contribution in [0.2, 0.25) is 0 Å². The zero-order valence-electron chi connectivity index (χ0n) is 16.5. The first-order chi connectivity index (χ1) is 12.8. The molecule has 1 aromatic rings. The van der Waals surface area contributed by atoms with Crippen LogP contribution in [0.4, 0.5) is 0 Å². The summed E-state index contributed by atoms with van der Waals surface area (Å²) in [6, 6.07) is 0.529. The number of hydrogen-bond acceptors (Lipinski definition) is 4. The third kappa shape index (κ3) is 4.15. The Morgan fingerprint density at radius 1 is 1.37 bits per heavy atom. The van der Waals surface area contributed by atoms with E-state index in [0.717, 1.165) is 38.5 Å². The zero-order valence-corrected chi connectivity index (χ0v) is 19.6. The number of halogens is 1. The summed E-state index contributed by atoms with van der Waals surface area (Å²) >= 11 is 1.82. The highest BCUT2D eigenvalue weighted by Gasteiger charge is 2.65. The first-order valence-corrected chi connectivity index (χ1v) is 11.2. The van der Waals surface area contributed by atoms with Crippen LogP contribution >= 0.6 is 35.3 Å². The van der Waals surface area contributed by atoms with Crippen LogP contribution < -0.4 is 10.6 Å². The summed E-state index contributed by atoms with van der Waals surface area (Å²) in [5, 5.41) is 8.45. The van der Waals surface area contributed by atoms with Gasteiger partial charge < -0.3 is 15.4 Å². The second-order valence-corrected chi connectivity index (χ2v) is 9.09. The minimum atomic E-state index is 0. The second kappa shape index (κ2) is 9.39. The van der Waals surface area contributed by atoms with Gasteiger partial charge >= 0.3 is 0 Å². The molecule has 3 atom stereocenters. The third-order valence-corrected chi connectivity index (χ3v) is 7.67. The van der Waals surface area contributed by atoms with Crippen molar-refractivity contribution in [2.75, 3.05) is 19.7 Å². The van der Waals surface area contributed by atoms with E-state index in [1.807, 2.05) is 17.5 Å². The number of aromatic nitrogens is 1. The molecule has 4 rings (SSSR count). The lowest BCUT2D eigenvalue weighted by Gasteiger charge is -2.57. The first-order valence-electron chi connectivity index (χ1n) is 10.4. The van der Waals surface area contributed by atoms with Crippen molar-refractivity contribution in [2.24, 2.45) is 16.3 Å². The third-order valence-electron chi connectivity index (χ3n) is 6.47. The lowest BCUT2D eigenvalue weighted by molar-refractivity contribution is -0.125. The number of nitrogens with zero attached hydrogens (tertiary/aromatic N) is 2. The van der Waals surface area contributed by atoms with Crippen molar-refractivity contribution < 1.29 is 4.74 Å². The van der Waals surface area contributed by atoms with Crippen molar-refractivity contribution in [1.29, 1.82) is 0 Å². The molecule has 1 aliphatic heterocycles. The molecule has 2 heterocycles. The van der Waals surface area contributed by atoms with Crippen LogP contribution in [0, 0.1) is 11.3 Å². The van der Waals surface area contributed by atoms with Crippen molar-refractivity contribution in [3.05, 3.63) is 16.1 Å². The maximum absolute atomic E-state index is 6.11. The number of ether oxygens (including phenoxy) is 1. The van der Waals surface area contributed by atoms with E-state index in [9.17, 15) is 0 Å². The van der Waals surface area contributed by atoms with Gasteiger partial charge in [0, 0.05) is 54.6 Å². The summed E-state index contributed by atoms with van der Waals surface area (Å²) in [5.74, 6) is 1.64. The molecule has 1 spiro atoms. The van der Waals surface area contributed by atoms with E-state index < -0.39 is 0 Å². The van der Waals surface area contributed by atoms with E-state index in [1.165, 1.54) is 42.0 Å². The molecule has 2 saturated carbocycles. The number of thiazole rings is 1. The van der Waals surface area contributed by atoms with E-state index in [2.05, 4.69) is 29.5 Å². The quantitative estimate of drug-likeness (QED) is 0.352. The second-order valence-electron chi connectivity index (χ2n) is 7.89. The van der Waals surface area contributed by atoms with Gasteiger partial charge in [-0.2, -0.15) is 0 Å². The van der Waals surface area contributed by atoms with Gasteiger partial charge in [-0.15, -0.1) is 35.3 Å². The van der Waals surface area contributed by atoms with E-state index in [1.54, 1.807) is 0 Å². The van der Waals surface area contributed by atoms with E-state index in [4.69, 9.17) is 9.73 Å². The molecule has 5 nitrogen and oxygen atoms in total. The van der Waals surface area contributed by atoms with Crippen molar-refractivity contribution in [3.63, 3.8) is 0 Å². The molecule has 27 heavy (non-hydrogen) atoms. The molecule has 7 heteroatoms. The average Bonchev–Trinajstić information content (AvgIpc) is 3.38. The largest absolute Gasteiger partial charge is 0.377 e. The van der Waals surface area contributed by atoms with Gasteiger partial charge in [0.25, 0.3) is 0 Å². The van der Waals surface area contributed by atoms with E-state index in [-0.39, 0.29) is 24.0 Å². The summed E-state index contributed by atoms with van der Waals surface area (Å²) in [4.78, 5) is 10.7. The lowest BCUT2D eigenvalue weighted by atomic mass is 9.54. The Labute approximate surface area is 184 Å². The summed E-state index contributed by atoms with van der Waals surface area (Å²) in [5.41, 5.74) is 0.364. The van der Waals surface area contributed by atoms with Crippen LogP contribution in [0.3, 0.4) is 0 Å². The number of aryl methyl sites for hydroxylation is 1. The predicted molar refractivity (Wildman–Crippen MR) is 122 cm³/mol. The molecule has 0 amide bonds. The molecule has 0 radical (unpaired) electrons. The van der Waals surface area contributed by atoms with Crippen LogP contribution in [0.1, 0.15) is 55.8 Å². The van der Waals surface area contributed by atoms with Gasteiger partial charge in [0.05, 0.1) is 11.1 Å². The number of rotatable bonds is 6. The van der Waals surface area contributed by atoms with Gasteiger partial charge in [0.1, 0.15) is 0 Å². The maximum atomic E-state index is 6.11. The topological polar surface area (TPSA) is 58.5 Å². The lowest BCUT2D eigenvalue weighted by Crippen LogP contribution is -2.69. The minimum Gasteiger partial charge on any atom is -0.377 e. The molecular formula is C20H33IN4OS. The monoisotopic (exact) mass is 504 g/mol. The highest BCUT2D eigenvalue weighted by molar-refractivity contribution is 14.0. The van der Waals surface area contributed by atoms with Crippen LogP contribution in [0.25, 0.3) is 0 Å². The van der Waals surface area contributed by atoms with Crippen molar-refractivity contribution in [1.82, 2.24) is 15.6 Å². The smallest absolute Gasteiger partial charge is 0.191 e. The van der Waals surface area contributed by atoms with Crippen LogP contribution in [-0.2, 0) is 17.6 Å². The molecule has 1 aromatic heterocycles. The minimum absolute atomic E-state index is 0. The maximum Gasteiger partial charge on any atom is 0.191 e. The molecule has 3 aliphatic rings. The Balaban J connectivity index is 0.00000210. The van der Waals surface area contributed by atoms with Crippen LogP contribution in [0.5, 0.6) is 0 Å². The first kappa shape index (κ1) is 21.3. The molecule has 1 saturated heterocycles. The fourth-order valence-electron chi connectivity index (χ4n) is 5.26. The fourth-order valence-corrected chi connectivity index (χ4v) is 6.11. The van der Waals surface area contributed by atoms with Crippen LogP contribution in [-0.4, -0.2) is 42.8 Å². The molecule has 3 fully saturated rings. The van der Waals surface area contributed by atoms with Gasteiger partial charge in [0.2, 0.25) is 0 Å². The van der Waals surface area contributed by atoms with E-state index >= 15 is 0 Å². The molecule has 152 valence electrons. The highest BCUT2D eigenvalue weighted by atomic mass is 127. The normalized spacial score (nSPS) is 28.5. The number of guanidine groups is 1. The number of aliphatic imine (C=N–C) groups is 1. The molecule has 0 aromatic carbocycles. The number of nitrogens with one attached hydrogen (secondary N) is 2. The Hall–Kier alpha value is -0.410. The summed E-state index contributed by atoms with van der Waals surface area (Å²) in [7, 11) is 0. The molecule has 2 N–H and O–H groups in total. The molecule has 0 bridgehead atoms. The zero-order chi connectivity index (χ0) is 18.0. The van der Waals surface area contributed by atoms with Crippen molar-refractivity contribution in [2.45, 2.75) is 70.9 Å². The Bertz CT molecular complexity index is 644. The summed E-state index contributed by atoms with van der Waals surface area (Å²) in [6.07, 6.45) is 11.0. The molecule has 2 aliphatic carbocycles. The predicted octanol–water partition coefficient (Wildman–Crippen LogP) is 3.77. The van der Waals surface area contributed by atoms with Gasteiger partial charge in [-0.1, -0.05) is 19.8 Å². The summed E-state index contributed by atoms with van der Waals surface area (Å²) < 4.78 is 6.11. The SMILES string of the molecule is CCNC(=NCCc1ncc(CC)s1)NC1C2CCOC2C12CCCC2.I. The standard InChI is InChI=1S/C20H32N4OS.HI/c1-3-14-13-23-16(26-14)7-11-22-19(21-4-2)24-17-15-8-12-25-18(15)20(17)9-5-6-10-20;/h13,15,17-18H,3-12H2,1-2H3,(H2,21,22,24);1H. The average molecular weight is 504 g/mol. The highest BCUT2D eigenvalue weighted by Crippen LogP contribution is 2.60. The number of fused-ring (bicyclic) bond motifs is 2. The van der Waals surface area contributed by atoms with Gasteiger partial charge in [0.15, 0.2) is 5.96 Å². The van der Waals surface area contributed by atoms with E-state index in [0.29, 0.717) is 23.5 Å². The summed E-state index contributed by atoms with van der Waals surface area (Å²) in [6.45, 7) is 6.94. The Kier molecular flexibility index (Phi) is 7.41. The van der Waals surface area contributed by atoms with Gasteiger partial charge in [-0.3, -0.25) is 4.99 Å². The fraction of sp³-hybridized carbons (Fsp3) is 0.800. The number of hydrogen-bond donors (Lipinski definition) is 2. The van der Waals surface area contributed by atoms with Crippen molar-refractivity contribution in [3.8, 4) is 0 Å². The van der Waals surface area contributed by atoms with Crippen molar-refractivity contribution >= 4 is 41.3 Å². The Morgan fingerprint density at radius 3 is 2.89 bits per heavy atom. The van der Waals surface area contributed by atoms with Crippen LogP contribution in [0.15, 0.2) is 11.2 Å². The molecule has 3 unspecified atom stereocenters. The molecular weight excluding hydrogens is 471 g/mol.